The molecule has 0 saturated carbocycles. The van der Waals surface area contributed by atoms with Gasteiger partial charge in [-0.2, -0.15) is 11.3 Å². The van der Waals surface area contributed by atoms with Gasteiger partial charge in [0, 0.05) is 11.3 Å². The molecule has 0 fully saturated rings. The molecule has 80 valence electrons. The lowest BCUT2D eigenvalue weighted by Gasteiger charge is -2.28. The second-order valence-electron chi connectivity index (χ2n) is 4.11. The number of nitrogens with one attached hydrogen (secondary N) is 1. The third kappa shape index (κ3) is 1.55. The Morgan fingerprint density at radius 1 is 1.25 bits per heavy atom. The standard InChI is InChI=1S/C14H13NS/c1-10-8-14(11-6-7-16-9-11)15-13-5-3-2-4-12(10)13/h2-7,9,14-15H,1,8H2. The molecule has 0 aliphatic carbocycles. The highest BCUT2D eigenvalue weighted by atomic mass is 32.1. The monoisotopic (exact) mass is 227 g/mol. The third-order valence-corrected chi connectivity index (χ3v) is 3.74. The normalized spacial score (nSPS) is 19.0. The zero-order valence-electron chi connectivity index (χ0n) is 8.94. The van der Waals surface area contributed by atoms with Crippen LogP contribution in [0.15, 0.2) is 47.7 Å². The molecule has 1 aromatic carbocycles. The van der Waals surface area contributed by atoms with E-state index in [4.69, 9.17) is 0 Å². The van der Waals surface area contributed by atoms with E-state index in [1.165, 1.54) is 22.4 Å². The minimum absolute atomic E-state index is 0.383. The molecule has 1 unspecified atom stereocenters. The zero-order valence-corrected chi connectivity index (χ0v) is 9.76. The van der Waals surface area contributed by atoms with Crippen LogP contribution in [-0.2, 0) is 0 Å². The van der Waals surface area contributed by atoms with Gasteiger partial charge in [0.25, 0.3) is 0 Å². The number of thiophene rings is 1. The van der Waals surface area contributed by atoms with Gasteiger partial charge >= 0.3 is 0 Å². The summed E-state index contributed by atoms with van der Waals surface area (Å²) in [4.78, 5) is 0. The number of rotatable bonds is 1. The molecule has 1 aliphatic heterocycles. The van der Waals surface area contributed by atoms with Crippen molar-refractivity contribution in [3.05, 3.63) is 58.8 Å². The Morgan fingerprint density at radius 3 is 2.94 bits per heavy atom. The van der Waals surface area contributed by atoms with Crippen molar-refractivity contribution in [2.24, 2.45) is 0 Å². The summed E-state index contributed by atoms with van der Waals surface area (Å²) in [7, 11) is 0. The maximum atomic E-state index is 4.18. The molecule has 1 atom stereocenters. The molecular formula is C14H13NS. The van der Waals surface area contributed by atoms with E-state index in [0.717, 1.165) is 6.42 Å². The number of fused-ring (bicyclic) bond motifs is 1. The van der Waals surface area contributed by atoms with Gasteiger partial charge in [0.05, 0.1) is 6.04 Å². The van der Waals surface area contributed by atoms with Gasteiger partial charge in [-0.05, 0) is 40.5 Å². The van der Waals surface area contributed by atoms with Crippen molar-refractivity contribution in [3.63, 3.8) is 0 Å². The second kappa shape index (κ2) is 3.80. The van der Waals surface area contributed by atoms with Gasteiger partial charge in [-0.15, -0.1) is 0 Å². The molecule has 0 bridgehead atoms. The van der Waals surface area contributed by atoms with Gasteiger partial charge in [-0.25, -0.2) is 0 Å². The summed E-state index contributed by atoms with van der Waals surface area (Å²) >= 11 is 1.75. The van der Waals surface area contributed by atoms with Crippen molar-refractivity contribution in [1.82, 2.24) is 0 Å². The third-order valence-electron chi connectivity index (χ3n) is 3.03. The largest absolute Gasteiger partial charge is 0.377 e. The van der Waals surface area contributed by atoms with Crippen molar-refractivity contribution >= 4 is 22.6 Å². The van der Waals surface area contributed by atoms with Crippen molar-refractivity contribution in [2.45, 2.75) is 12.5 Å². The number of hydrogen-bond donors (Lipinski definition) is 1. The molecule has 1 nitrogen and oxygen atoms in total. The van der Waals surface area contributed by atoms with Crippen LogP contribution in [0.4, 0.5) is 5.69 Å². The summed E-state index contributed by atoms with van der Waals surface area (Å²) in [5.74, 6) is 0. The highest BCUT2D eigenvalue weighted by molar-refractivity contribution is 7.08. The highest BCUT2D eigenvalue weighted by Gasteiger charge is 2.21. The molecule has 2 heterocycles. The minimum Gasteiger partial charge on any atom is -0.377 e. The predicted molar refractivity (Wildman–Crippen MR) is 70.8 cm³/mol. The van der Waals surface area contributed by atoms with Crippen LogP contribution >= 0.6 is 11.3 Å². The highest BCUT2D eigenvalue weighted by Crippen LogP contribution is 2.38. The zero-order chi connectivity index (χ0) is 11.0. The fourth-order valence-corrected chi connectivity index (χ4v) is 2.90. The van der Waals surface area contributed by atoms with Gasteiger partial charge in [-0.1, -0.05) is 24.8 Å². The smallest absolute Gasteiger partial charge is 0.0562 e. The summed E-state index contributed by atoms with van der Waals surface area (Å²) < 4.78 is 0. The fourth-order valence-electron chi connectivity index (χ4n) is 2.19. The number of para-hydroxylation sites is 1. The Balaban J connectivity index is 1.98. The quantitative estimate of drug-likeness (QED) is 0.765. The van der Waals surface area contributed by atoms with Gasteiger partial charge < -0.3 is 5.32 Å². The summed E-state index contributed by atoms with van der Waals surface area (Å²) in [6.07, 6.45) is 0.994. The molecule has 16 heavy (non-hydrogen) atoms. The lowest BCUT2D eigenvalue weighted by molar-refractivity contribution is 0.798. The first-order valence-electron chi connectivity index (χ1n) is 5.40. The number of anilines is 1. The van der Waals surface area contributed by atoms with Crippen LogP contribution < -0.4 is 5.32 Å². The lowest BCUT2D eigenvalue weighted by atomic mass is 9.91. The Morgan fingerprint density at radius 2 is 2.12 bits per heavy atom. The van der Waals surface area contributed by atoms with E-state index in [-0.39, 0.29) is 0 Å². The van der Waals surface area contributed by atoms with Crippen molar-refractivity contribution < 1.29 is 0 Å². The van der Waals surface area contributed by atoms with Gasteiger partial charge in [0.1, 0.15) is 0 Å². The SMILES string of the molecule is C=C1CC(c2ccsc2)Nc2ccccc21. The molecule has 1 aromatic heterocycles. The fraction of sp³-hybridized carbons (Fsp3) is 0.143. The van der Waals surface area contributed by atoms with Crippen LogP contribution in [0.5, 0.6) is 0 Å². The molecule has 0 radical (unpaired) electrons. The molecule has 1 N–H and O–H groups in total. The van der Waals surface area contributed by atoms with Crippen LogP contribution in [0.2, 0.25) is 0 Å². The Bertz CT molecular complexity index is 513. The summed E-state index contributed by atoms with van der Waals surface area (Å²) in [5.41, 5.74) is 5.05. The van der Waals surface area contributed by atoms with Crippen LogP contribution in [0.25, 0.3) is 5.57 Å². The average molecular weight is 227 g/mol. The van der Waals surface area contributed by atoms with Crippen LogP contribution in [0.3, 0.4) is 0 Å². The van der Waals surface area contributed by atoms with Crippen molar-refractivity contribution in [3.8, 4) is 0 Å². The molecule has 2 heteroatoms. The number of benzene rings is 1. The topological polar surface area (TPSA) is 12.0 Å². The number of hydrogen-bond acceptors (Lipinski definition) is 2. The Hall–Kier alpha value is -1.54. The lowest BCUT2D eigenvalue weighted by Crippen LogP contribution is -2.16. The Kier molecular flexibility index (Phi) is 2.29. The molecular weight excluding hydrogens is 214 g/mol. The first kappa shape index (κ1) is 9.67. The van der Waals surface area contributed by atoms with Crippen LogP contribution in [0.1, 0.15) is 23.6 Å². The van der Waals surface area contributed by atoms with E-state index in [2.05, 4.69) is 53.0 Å². The predicted octanol–water partition coefficient (Wildman–Crippen LogP) is 4.32. The molecule has 0 amide bonds. The second-order valence-corrected chi connectivity index (χ2v) is 4.89. The van der Waals surface area contributed by atoms with E-state index in [9.17, 15) is 0 Å². The van der Waals surface area contributed by atoms with E-state index in [1.54, 1.807) is 11.3 Å². The molecule has 3 rings (SSSR count). The Labute approximate surface area is 99.4 Å². The average Bonchev–Trinajstić information content (AvgIpc) is 2.82. The van der Waals surface area contributed by atoms with Crippen molar-refractivity contribution in [2.75, 3.05) is 5.32 Å². The van der Waals surface area contributed by atoms with E-state index < -0.39 is 0 Å². The summed E-state index contributed by atoms with van der Waals surface area (Å²) in [5, 5.41) is 7.91. The van der Waals surface area contributed by atoms with E-state index in [0.29, 0.717) is 6.04 Å². The van der Waals surface area contributed by atoms with Crippen LogP contribution in [0, 0.1) is 0 Å². The van der Waals surface area contributed by atoms with Gasteiger partial charge in [0.15, 0.2) is 0 Å². The van der Waals surface area contributed by atoms with Gasteiger partial charge in [-0.3, -0.25) is 0 Å². The minimum atomic E-state index is 0.383. The summed E-state index contributed by atoms with van der Waals surface area (Å²) in [6.45, 7) is 4.18. The van der Waals surface area contributed by atoms with E-state index >= 15 is 0 Å². The summed E-state index contributed by atoms with van der Waals surface area (Å²) in [6, 6.07) is 11.0. The van der Waals surface area contributed by atoms with E-state index in [1.807, 2.05) is 0 Å². The van der Waals surface area contributed by atoms with Crippen molar-refractivity contribution in [1.29, 1.82) is 0 Å². The maximum absolute atomic E-state index is 4.18. The molecule has 2 aromatic rings. The maximum Gasteiger partial charge on any atom is 0.0562 e. The molecule has 0 saturated heterocycles. The van der Waals surface area contributed by atoms with Gasteiger partial charge in [0.2, 0.25) is 0 Å². The molecule has 0 spiro atoms. The molecule has 1 aliphatic rings. The van der Waals surface area contributed by atoms with Crippen LogP contribution in [-0.4, -0.2) is 0 Å². The first-order valence-corrected chi connectivity index (χ1v) is 6.34. The first-order chi connectivity index (χ1) is 7.84.